The van der Waals surface area contributed by atoms with Crippen molar-refractivity contribution in [3.05, 3.63) is 66.5 Å². The van der Waals surface area contributed by atoms with Crippen LogP contribution in [0, 0.1) is 0 Å². The van der Waals surface area contributed by atoms with Gasteiger partial charge in [-0.2, -0.15) is 0 Å². The molecule has 2 saturated heterocycles. The van der Waals surface area contributed by atoms with Crippen LogP contribution in [-0.2, 0) is 6.42 Å². The van der Waals surface area contributed by atoms with Gasteiger partial charge in [-0.05, 0) is 49.5 Å². The summed E-state index contributed by atoms with van der Waals surface area (Å²) >= 11 is 0. The molecule has 0 spiro atoms. The van der Waals surface area contributed by atoms with Gasteiger partial charge in [0.25, 0.3) is 0 Å². The van der Waals surface area contributed by atoms with Crippen molar-refractivity contribution in [1.82, 2.24) is 29.8 Å². The van der Waals surface area contributed by atoms with Crippen LogP contribution < -0.4 is 9.80 Å². The fourth-order valence-electron chi connectivity index (χ4n) is 4.96. The number of Topliss-reactive ketones (excluding diaryl/α,β-unsaturated/α-hetero) is 1. The summed E-state index contributed by atoms with van der Waals surface area (Å²) in [5.74, 6) is 1.78. The lowest BCUT2D eigenvalue weighted by Gasteiger charge is -2.33. The Hall–Kier alpha value is -3.98. The number of ketones is 1. The van der Waals surface area contributed by atoms with Gasteiger partial charge in [0, 0.05) is 74.5 Å². The van der Waals surface area contributed by atoms with Crippen molar-refractivity contribution < 1.29 is 4.79 Å². The lowest BCUT2D eigenvalue weighted by molar-refractivity contribution is 0.0992. The van der Waals surface area contributed by atoms with Crippen LogP contribution in [0.25, 0.3) is 22.2 Å². The highest BCUT2D eigenvalue weighted by molar-refractivity contribution is 5.98. The molecule has 0 bridgehead atoms. The number of pyridine rings is 3. The third kappa shape index (κ3) is 5.13. The molecule has 6 heterocycles. The molecule has 0 radical (unpaired) electrons. The SMILES string of the molecule is CN1CCN(c2cc(C(=O)Cc3cc4cc(-c5cncc(N6CCCC6)n5)ncc4cn3)ccn2)CC1. The monoisotopic (exact) mass is 494 g/mol. The van der Waals surface area contributed by atoms with E-state index in [4.69, 9.17) is 4.98 Å². The molecular formula is C28H30N8O. The first-order valence-electron chi connectivity index (χ1n) is 12.9. The Morgan fingerprint density at radius 3 is 2.41 bits per heavy atom. The van der Waals surface area contributed by atoms with Crippen LogP contribution in [0.15, 0.2) is 55.2 Å². The van der Waals surface area contributed by atoms with Crippen molar-refractivity contribution in [3.63, 3.8) is 0 Å². The molecule has 0 amide bonds. The van der Waals surface area contributed by atoms with E-state index in [1.165, 1.54) is 12.8 Å². The Bertz CT molecular complexity index is 1430. The summed E-state index contributed by atoms with van der Waals surface area (Å²) in [6, 6.07) is 7.67. The number of carbonyl (C=O) groups is 1. The maximum Gasteiger partial charge on any atom is 0.169 e. The normalized spacial score (nSPS) is 16.5. The van der Waals surface area contributed by atoms with Crippen LogP contribution in [0.3, 0.4) is 0 Å². The van der Waals surface area contributed by atoms with Gasteiger partial charge in [-0.3, -0.25) is 19.7 Å². The largest absolute Gasteiger partial charge is 0.355 e. The molecule has 0 aromatic carbocycles. The van der Waals surface area contributed by atoms with Gasteiger partial charge in [0.1, 0.15) is 17.3 Å². The van der Waals surface area contributed by atoms with E-state index in [-0.39, 0.29) is 12.2 Å². The van der Waals surface area contributed by atoms with Crippen molar-refractivity contribution in [2.24, 2.45) is 0 Å². The molecule has 0 saturated carbocycles. The fourth-order valence-corrected chi connectivity index (χ4v) is 4.96. The third-order valence-electron chi connectivity index (χ3n) is 7.21. The third-order valence-corrected chi connectivity index (χ3v) is 7.21. The van der Waals surface area contributed by atoms with E-state index >= 15 is 0 Å². The summed E-state index contributed by atoms with van der Waals surface area (Å²) < 4.78 is 0. The van der Waals surface area contributed by atoms with E-state index in [0.29, 0.717) is 5.56 Å². The first kappa shape index (κ1) is 23.4. The number of aromatic nitrogens is 5. The average Bonchev–Trinajstić information content (AvgIpc) is 3.49. The van der Waals surface area contributed by atoms with Gasteiger partial charge >= 0.3 is 0 Å². The molecule has 0 atom stereocenters. The maximum absolute atomic E-state index is 13.2. The molecule has 6 rings (SSSR count). The van der Waals surface area contributed by atoms with Crippen molar-refractivity contribution in [2.45, 2.75) is 19.3 Å². The minimum Gasteiger partial charge on any atom is -0.355 e. The van der Waals surface area contributed by atoms with E-state index < -0.39 is 0 Å². The highest BCUT2D eigenvalue weighted by atomic mass is 16.1. The molecule has 9 heteroatoms. The lowest BCUT2D eigenvalue weighted by atomic mass is 10.1. The number of piperazine rings is 1. The maximum atomic E-state index is 13.2. The van der Waals surface area contributed by atoms with Gasteiger partial charge < -0.3 is 14.7 Å². The molecule has 4 aromatic heterocycles. The summed E-state index contributed by atoms with van der Waals surface area (Å²) in [5.41, 5.74) is 2.89. The van der Waals surface area contributed by atoms with Crippen LogP contribution in [0.5, 0.6) is 0 Å². The summed E-state index contributed by atoms with van der Waals surface area (Å²) in [4.78, 5) is 42.8. The second-order valence-electron chi connectivity index (χ2n) is 9.84. The number of carbonyl (C=O) groups excluding carboxylic acids is 1. The minimum absolute atomic E-state index is 0.0306. The highest BCUT2D eigenvalue weighted by Crippen LogP contribution is 2.24. The van der Waals surface area contributed by atoms with Gasteiger partial charge in [0.15, 0.2) is 5.78 Å². The van der Waals surface area contributed by atoms with E-state index in [0.717, 1.165) is 78.8 Å². The number of fused-ring (bicyclic) bond motifs is 1. The van der Waals surface area contributed by atoms with Gasteiger partial charge in [0.2, 0.25) is 0 Å². The first-order valence-corrected chi connectivity index (χ1v) is 12.9. The van der Waals surface area contributed by atoms with Gasteiger partial charge in [-0.1, -0.05) is 0 Å². The highest BCUT2D eigenvalue weighted by Gasteiger charge is 2.18. The Labute approximate surface area is 216 Å². The van der Waals surface area contributed by atoms with Crippen molar-refractivity contribution in [2.75, 3.05) is 56.1 Å². The molecule has 2 fully saturated rings. The molecule has 9 nitrogen and oxygen atoms in total. The average molecular weight is 495 g/mol. The van der Waals surface area contributed by atoms with Crippen LogP contribution >= 0.6 is 0 Å². The van der Waals surface area contributed by atoms with Crippen LogP contribution in [-0.4, -0.2) is 81.9 Å². The van der Waals surface area contributed by atoms with Crippen LogP contribution in [0.4, 0.5) is 11.6 Å². The molecule has 0 aliphatic carbocycles. The fraction of sp³-hybridized carbons (Fsp3) is 0.357. The second kappa shape index (κ2) is 10.2. The molecular weight excluding hydrogens is 464 g/mol. The van der Waals surface area contributed by atoms with Gasteiger partial charge in [-0.15, -0.1) is 0 Å². The van der Waals surface area contributed by atoms with Crippen molar-refractivity contribution >= 4 is 28.2 Å². The number of hydrogen-bond donors (Lipinski definition) is 0. The quantitative estimate of drug-likeness (QED) is 0.375. The first-order chi connectivity index (χ1) is 18.1. The van der Waals surface area contributed by atoms with Crippen LogP contribution in [0.1, 0.15) is 28.9 Å². The molecule has 37 heavy (non-hydrogen) atoms. The van der Waals surface area contributed by atoms with Crippen molar-refractivity contribution in [3.8, 4) is 11.4 Å². The number of hydrogen-bond acceptors (Lipinski definition) is 9. The molecule has 2 aliphatic rings. The molecule has 2 aliphatic heterocycles. The zero-order valence-electron chi connectivity index (χ0n) is 21.0. The molecule has 4 aromatic rings. The van der Waals surface area contributed by atoms with Gasteiger partial charge in [-0.25, -0.2) is 9.97 Å². The number of anilines is 2. The second-order valence-corrected chi connectivity index (χ2v) is 9.84. The van der Waals surface area contributed by atoms with Crippen molar-refractivity contribution in [1.29, 1.82) is 0 Å². The summed E-state index contributed by atoms with van der Waals surface area (Å²) in [6.45, 7) is 5.84. The zero-order valence-corrected chi connectivity index (χ0v) is 21.0. The molecule has 0 N–H and O–H groups in total. The van der Waals surface area contributed by atoms with Gasteiger partial charge in [0.05, 0.1) is 24.5 Å². The Morgan fingerprint density at radius 1 is 0.784 bits per heavy atom. The summed E-state index contributed by atoms with van der Waals surface area (Å²) in [7, 11) is 2.12. The van der Waals surface area contributed by atoms with Crippen LogP contribution in [0.2, 0.25) is 0 Å². The Balaban J connectivity index is 1.21. The Morgan fingerprint density at radius 2 is 1.57 bits per heavy atom. The predicted molar refractivity (Wildman–Crippen MR) is 144 cm³/mol. The summed E-state index contributed by atoms with van der Waals surface area (Å²) in [6.07, 6.45) is 11.5. The number of rotatable bonds is 6. The van der Waals surface area contributed by atoms with E-state index in [1.54, 1.807) is 30.9 Å². The molecule has 188 valence electrons. The zero-order chi connectivity index (χ0) is 25.2. The standard InChI is InChI=1S/C28H30N8O/c1-34-8-10-36(11-9-34)27-14-20(4-5-30-27)26(37)15-23-12-21-13-24(32-17-22(21)16-31-23)25-18-29-19-28(33-25)35-6-2-3-7-35/h4-5,12-14,16-19H,2-3,6-11,15H2,1H3. The summed E-state index contributed by atoms with van der Waals surface area (Å²) in [5, 5.41) is 1.90. The topological polar surface area (TPSA) is 91.2 Å². The Kier molecular flexibility index (Phi) is 6.44. The smallest absolute Gasteiger partial charge is 0.169 e. The number of nitrogens with zero attached hydrogens (tertiary/aromatic N) is 8. The van der Waals surface area contributed by atoms with E-state index in [2.05, 4.69) is 41.7 Å². The predicted octanol–water partition coefficient (Wildman–Crippen LogP) is 3.26. The lowest BCUT2D eigenvalue weighted by Crippen LogP contribution is -2.44. The minimum atomic E-state index is 0.0306. The van der Waals surface area contributed by atoms with E-state index in [1.807, 2.05) is 24.4 Å². The van der Waals surface area contributed by atoms with E-state index in [9.17, 15) is 4.79 Å². The number of likely N-dealkylation sites (N-methyl/N-ethyl adjacent to an activating group) is 1. The molecule has 0 unspecified atom stereocenters.